The van der Waals surface area contributed by atoms with E-state index >= 15 is 0 Å². The quantitative estimate of drug-likeness (QED) is 0.662. The molecular weight excluding hydrogens is 144 g/mol. The van der Waals surface area contributed by atoms with Crippen molar-refractivity contribution >= 4 is 11.8 Å². The minimum Gasteiger partial charge on any atom is -0.481 e. The first-order valence-electron chi connectivity index (χ1n) is 3.83. The SMILES string of the molecule is CC(=O)CCC1CC1C(=O)O. The third-order valence-electron chi connectivity index (χ3n) is 2.11. The molecule has 1 rings (SSSR count). The minimum absolute atomic E-state index is 0.154. The van der Waals surface area contributed by atoms with Crippen LogP contribution < -0.4 is 0 Å². The van der Waals surface area contributed by atoms with Crippen LogP contribution in [-0.2, 0) is 9.59 Å². The molecule has 3 nitrogen and oxygen atoms in total. The second-order valence-corrected chi connectivity index (χ2v) is 3.18. The maximum atomic E-state index is 10.5. The average Bonchev–Trinajstić information content (AvgIpc) is 2.61. The third kappa shape index (κ3) is 2.33. The Hall–Kier alpha value is -0.860. The van der Waals surface area contributed by atoms with Gasteiger partial charge in [0.15, 0.2) is 0 Å². The highest BCUT2D eigenvalue weighted by Crippen LogP contribution is 2.41. The Morgan fingerprint density at radius 1 is 1.55 bits per heavy atom. The third-order valence-corrected chi connectivity index (χ3v) is 2.11. The van der Waals surface area contributed by atoms with Crippen molar-refractivity contribution in [2.24, 2.45) is 11.8 Å². The Bertz CT molecular complexity index is 186. The first-order valence-corrected chi connectivity index (χ1v) is 3.83. The fourth-order valence-electron chi connectivity index (χ4n) is 1.26. The first kappa shape index (κ1) is 8.24. The fraction of sp³-hybridized carbons (Fsp3) is 0.750. The van der Waals surface area contributed by atoms with E-state index in [0.717, 1.165) is 12.8 Å². The number of carbonyl (C=O) groups is 2. The molecule has 0 saturated heterocycles. The van der Waals surface area contributed by atoms with Crippen molar-refractivity contribution in [3.05, 3.63) is 0 Å². The van der Waals surface area contributed by atoms with Crippen LogP contribution in [0, 0.1) is 11.8 Å². The van der Waals surface area contributed by atoms with E-state index in [9.17, 15) is 9.59 Å². The van der Waals surface area contributed by atoms with Crippen molar-refractivity contribution < 1.29 is 14.7 Å². The largest absolute Gasteiger partial charge is 0.481 e. The molecule has 1 aliphatic carbocycles. The van der Waals surface area contributed by atoms with Gasteiger partial charge >= 0.3 is 5.97 Å². The molecule has 0 heterocycles. The second-order valence-electron chi connectivity index (χ2n) is 3.18. The summed E-state index contributed by atoms with van der Waals surface area (Å²) < 4.78 is 0. The Morgan fingerprint density at radius 3 is 2.55 bits per heavy atom. The monoisotopic (exact) mass is 156 g/mol. The minimum atomic E-state index is -0.710. The lowest BCUT2D eigenvalue weighted by atomic mass is 10.1. The van der Waals surface area contributed by atoms with E-state index in [1.807, 2.05) is 0 Å². The molecule has 0 amide bonds. The van der Waals surface area contributed by atoms with Gasteiger partial charge in [-0.2, -0.15) is 0 Å². The number of carboxylic acids is 1. The van der Waals surface area contributed by atoms with Crippen LogP contribution in [-0.4, -0.2) is 16.9 Å². The summed E-state index contributed by atoms with van der Waals surface area (Å²) in [6.45, 7) is 1.54. The van der Waals surface area contributed by atoms with Gasteiger partial charge in [0.2, 0.25) is 0 Å². The molecule has 1 fully saturated rings. The zero-order chi connectivity index (χ0) is 8.43. The number of ketones is 1. The number of hydrogen-bond acceptors (Lipinski definition) is 2. The van der Waals surface area contributed by atoms with Crippen molar-refractivity contribution in [2.75, 3.05) is 0 Å². The predicted octanol–water partition coefficient (Wildman–Crippen LogP) is 1.08. The van der Waals surface area contributed by atoms with Gasteiger partial charge in [-0.05, 0) is 25.7 Å². The topological polar surface area (TPSA) is 54.4 Å². The van der Waals surface area contributed by atoms with Crippen LogP contribution >= 0.6 is 0 Å². The van der Waals surface area contributed by atoms with E-state index < -0.39 is 5.97 Å². The van der Waals surface area contributed by atoms with Crippen molar-refractivity contribution in [1.29, 1.82) is 0 Å². The lowest BCUT2D eigenvalue weighted by Crippen LogP contribution is -2.00. The van der Waals surface area contributed by atoms with Gasteiger partial charge < -0.3 is 9.90 Å². The van der Waals surface area contributed by atoms with Crippen LogP contribution in [0.3, 0.4) is 0 Å². The van der Waals surface area contributed by atoms with Crippen molar-refractivity contribution in [3.63, 3.8) is 0 Å². The van der Waals surface area contributed by atoms with E-state index in [4.69, 9.17) is 5.11 Å². The molecule has 0 radical (unpaired) electrons. The molecule has 0 aromatic heterocycles. The van der Waals surface area contributed by atoms with Crippen LogP contribution in [0.15, 0.2) is 0 Å². The van der Waals surface area contributed by atoms with Gasteiger partial charge in [-0.3, -0.25) is 4.79 Å². The summed E-state index contributed by atoms with van der Waals surface area (Å²) in [6.07, 6.45) is 2.06. The molecule has 0 bridgehead atoms. The van der Waals surface area contributed by atoms with Gasteiger partial charge in [0.25, 0.3) is 0 Å². The summed E-state index contributed by atoms with van der Waals surface area (Å²) in [4.78, 5) is 20.8. The molecule has 11 heavy (non-hydrogen) atoms. The molecule has 0 aliphatic heterocycles. The second kappa shape index (κ2) is 3.03. The molecule has 1 saturated carbocycles. The summed E-state index contributed by atoms with van der Waals surface area (Å²) in [5, 5.41) is 8.50. The highest BCUT2D eigenvalue weighted by molar-refractivity contribution is 5.76. The van der Waals surface area contributed by atoms with Crippen molar-refractivity contribution in [1.82, 2.24) is 0 Å². The molecule has 2 unspecified atom stereocenters. The Labute approximate surface area is 65.4 Å². The Balaban J connectivity index is 2.14. The van der Waals surface area contributed by atoms with Crippen LogP contribution in [0.4, 0.5) is 0 Å². The molecular formula is C8H12O3. The predicted molar refractivity (Wildman–Crippen MR) is 39.1 cm³/mol. The lowest BCUT2D eigenvalue weighted by Gasteiger charge is -1.92. The van der Waals surface area contributed by atoms with Gasteiger partial charge in [0.1, 0.15) is 5.78 Å². The van der Waals surface area contributed by atoms with Crippen LogP contribution in [0.2, 0.25) is 0 Å². The molecule has 0 aromatic carbocycles. The standard InChI is InChI=1S/C8H12O3/c1-5(9)2-3-6-4-7(6)8(10)11/h6-7H,2-4H2,1H3,(H,10,11). The molecule has 62 valence electrons. The summed E-state index contributed by atoms with van der Waals surface area (Å²) in [6, 6.07) is 0. The zero-order valence-electron chi connectivity index (χ0n) is 6.54. The number of carbonyl (C=O) groups excluding carboxylic acids is 1. The van der Waals surface area contributed by atoms with E-state index in [1.165, 1.54) is 6.92 Å². The Kier molecular flexibility index (Phi) is 2.27. The maximum absolute atomic E-state index is 10.5. The van der Waals surface area contributed by atoms with Gasteiger partial charge in [-0.15, -0.1) is 0 Å². The van der Waals surface area contributed by atoms with Crippen LogP contribution in [0.25, 0.3) is 0 Å². The Morgan fingerprint density at radius 2 is 2.18 bits per heavy atom. The highest BCUT2D eigenvalue weighted by atomic mass is 16.4. The van der Waals surface area contributed by atoms with Crippen molar-refractivity contribution in [2.45, 2.75) is 26.2 Å². The molecule has 0 aromatic rings. The summed E-state index contributed by atoms with van der Waals surface area (Å²) >= 11 is 0. The van der Waals surface area contributed by atoms with Gasteiger partial charge in [0, 0.05) is 6.42 Å². The molecule has 1 aliphatic rings. The fourth-order valence-corrected chi connectivity index (χ4v) is 1.26. The van der Waals surface area contributed by atoms with E-state index in [1.54, 1.807) is 0 Å². The van der Waals surface area contributed by atoms with Gasteiger partial charge in [-0.25, -0.2) is 0 Å². The molecule has 3 heteroatoms. The van der Waals surface area contributed by atoms with Crippen LogP contribution in [0.5, 0.6) is 0 Å². The maximum Gasteiger partial charge on any atom is 0.306 e. The number of rotatable bonds is 4. The summed E-state index contributed by atoms with van der Waals surface area (Å²) in [5.74, 6) is -0.439. The van der Waals surface area contributed by atoms with E-state index in [0.29, 0.717) is 6.42 Å². The summed E-state index contributed by atoms with van der Waals surface area (Å²) in [7, 11) is 0. The highest BCUT2D eigenvalue weighted by Gasteiger charge is 2.42. The normalized spacial score (nSPS) is 28.1. The van der Waals surface area contributed by atoms with Crippen LogP contribution in [0.1, 0.15) is 26.2 Å². The number of aliphatic carboxylic acids is 1. The number of Topliss-reactive ketones (excluding diaryl/α,β-unsaturated/α-hetero) is 1. The van der Waals surface area contributed by atoms with E-state index in [2.05, 4.69) is 0 Å². The molecule has 0 spiro atoms. The number of carboxylic acid groups (broad SMARTS) is 1. The zero-order valence-corrected chi connectivity index (χ0v) is 6.54. The lowest BCUT2D eigenvalue weighted by molar-refractivity contribution is -0.139. The summed E-state index contributed by atoms with van der Waals surface area (Å²) in [5.41, 5.74) is 0. The molecule has 2 atom stereocenters. The van der Waals surface area contributed by atoms with E-state index in [-0.39, 0.29) is 17.6 Å². The van der Waals surface area contributed by atoms with Crippen molar-refractivity contribution in [3.8, 4) is 0 Å². The van der Waals surface area contributed by atoms with Gasteiger partial charge in [-0.1, -0.05) is 0 Å². The average molecular weight is 156 g/mol. The smallest absolute Gasteiger partial charge is 0.306 e. The first-order chi connectivity index (χ1) is 5.11. The molecule has 1 N–H and O–H groups in total. The number of hydrogen-bond donors (Lipinski definition) is 1. The van der Waals surface area contributed by atoms with Gasteiger partial charge in [0.05, 0.1) is 5.92 Å².